The second-order valence-corrected chi connectivity index (χ2v) is 6.15. The Labute approximate surface area is 107 Å². The van der Waals surface area contributed by atoms with Crippen molar-refractivity contribution in [3.8, 4) is 0 Å². The molecule has 0 aliphatic carbocycles. The first-order valence-electron chi connectivity index (χ1n) is 6.05. The lowest BCUT2D eigenvalue weighted by atomic mass is 10.3. The number of nitrogens with one attached hydrogen (secondary N) is 1. The van der Waals surface area contributed by atoms with Crippen LogP contribution < -0.4 is 9.62 Å². The fraction of sp³-hybridized carbons (Fsp3) is 0.500. The van der Waals surface area contributed by atoms with Gasteiger partial charge in [-0.25, -0.2) is 13.1 Å². The van der Waals surface area contributed by atoms with E-state index in [1.165, 1.54) is 0 Å². The maximum Gasteiger partial charge on any atom is 0.240 e. The smallest absolute Gasteiger partial charge is 0.240 e. The second-order valence-electron chi connectivity index (χ2n) is 4.38. The van der Waals surface area contributed by atoms with Crippen molar-refractivity contribution in [2.45, 2.75) is 24.3 Å². The van der Waals surface area contributed by atoms with Gasteiger partial charge >= 0.3 is 0 Å². The van der Waals surface area contributed by atoms with Crippen molar-refractivity contribution < 1.29 is 13.5 Å². The molecule has 6 heteroatoms. The SMILES string of the molecule is CCNS(=O)(=O)c1ccc(N2CCC(O)C2)cc1. The minimum atomic E-state index is -3.38. The van der Waals surface area contributed by atoms with E-state index >= 15 is 0 Å². The Morgan fingerprint density at radius 2 is 2.06 bits per heavy atom. The first kappa shape index (κ1) is 13.3. The average molecular weight is 270 g/mol. The molecule has 1 heterocycles. The van der Waals surface area contributed by atoms with Gasteiger partial charge in [0, 0.05) is 25.3 Å². The highest BCUT2D eigenvalue weighted by Gasteiger charge is 2.21. The number of rotatable bonds is 4. The van der Waals surface area contributed by atoms with Crippen molar-refractivity contribution in [1.82, 2.24) is 4.72 Å². The third kappa shape index (κ3) is 2.82. The lowest BCUT2D eigenvalue weighted by Crippen LogP contribution is -2.24. The van der Waals surface area contributed by atoms with Crippen LogP contribution in [0.2, 0.25) is 0 Å². The van der Waals surface area contributed by atoms with Crippen LogP contribution >= 0.6 is 0 Å². The Morgan fingerprint density at radius 3 is 2.56 bits per heavy atom. The molecule has 1 aromatic rings. The van der Waals surface area contributed by atoms with E-state index in [1.54, 1.807) is 31.2 Å². The Bertz CT molecular complexity index is 499. The van der Waals surface area contributed by atoms with E-state index in [-0.39, 0.29) is 11.0 Å². The summed E-state index contributed by atoms with van der Waals surface area (Å²) in [6.45, 7) is 3.54. The molecule has 0 amide bonds. The topological polar surface area (TPSA) is 69.6 Å². The molecule has 1 aromatic carbocycles. The Kier molecular flexibility index (Phi) is 3.89. The van der Waals surface area contributed by atoms with Crippen LogP contribution in [-0.4, -0.2) is 39.3 Å². The first-order valence-corrected chi connectivity index (χ1v) is 7.54. The molecule has 18 heavy (non-hydrogen) atoms. The number of β-amino-alcohol motifs (C(OH)–C–C–N with tert-alkyl or cyclic N) is 1. The Morgan fingerprint density at radius 1 is 1.39 bits per heavy atom. The van der Waals surface area contributed by atoms with Crippen molar-refractivity contribution in [3.63, 3.8) is 0 Å². The Hall–Kier alpha value is -1.11. The van der Waals surface area contributed by atoms with Gasteiger partial charge in [0.25, 0.3) is 0 Å². The maximum atomic E-state index is 11.8. The number of anilines is 1. The van der Waals surface area contributed by atoms with Gasteiger partial charge in [0.05, 0.1) is 11.0 Å². The summed E-state index contributed by atoms with van der Waals surface area (Å²) in [5.41, 5.74) is 0.946. The van der Waals surface area contributed by atoms with Crippen molar-refractivity contribution in [3.05, 3.63) is 24.3 Å². The molecule has 2 rings (SSSR count). The van der Waals surface area contributed by atoms with Crippen LogP contribution in [0.3, 0.4) is 0 Å². The van der Waals surface area contributed by atoms with Crippen LogP contribution in [0, 0.1) is 0 Å². The van der Waals surface area contributed by atoms with Crippen LogP contribution in [0.1, 0.15) is 13.3 Å². The summed E-state index contributed by atoms with van der Waals surface area (Å²) in [7, 11) is -3.38. The molecule has 0 saturated carbocycles. The van der Waals surface area contributed by atoms with E-state index < -0.39 is 10.0 Å². The van der Waals surface area contributed by atoms with Gasteiger partial charge in [-0.1, -0.05) is 6.92 Å². The van der Waals surface area contributed by atoms with E-state index in [2.05, 4.69) is 4.72 Å². The predicted octanol–water partition coefficient (Wildman–Crippen LogP) is 0.556. The van der Waals surface area contributed by atoms with Gasteiger partial charge in [-0.2, -0.15) is 0 Å². The molecule has 1 atom stereocenters. The summed E-state index contributed by atoms with van der Waals surface area (Å²) in [5.74, 6) is 0. The van der Waals surface area contributed by atoms with Gasteiger partial charge in [0.15, 0.2) is 0 Å². The number of nitrogens with zero attached hydrogens (tertiary/aromatic N) is 1. The number of hydrogen-bond acceptors (Lipinski definition) is 4. The fourth-order valence-electron chi connectivity index (χ4n) is 2.09. The van der Waals surface area contributed by atoms with Gasteiger partial charge in [-0.15, -0.1) is 0 Å². The molecular weight excluding hydrogens is 252 g/mol. The largest absolute Gasteiger partial charge is 0.391 e. The predicted molar refractivity (Wildman–Crippen MR) is 70.1 cm³/mol. The molecule has 1 fully saturated rings. The molecule has 100 valence electrons. The quantitative estimate of drug-likeness (QED) is 0.838. The first-order chi connectivity index (χ1) is 8.53. The molecule has 1 aliphatic heterocycles. The lowest BCUT2D eigenvalue weighted by Gasteiger charge is -2.18. The molecule has 1 saturated heterocycles. The highest BCUT2D eigenvalue weighted by atomic mass is 32.2. The Balaban J connectivity index is 2.15. The van der Waals surface area contributed by atoms with Gasteiger partial charge in [0.2, 0.25) is 10.0 Å². The van der Waals surface area contributed by atoms with Crippen LogP contribution in [0.15, 0.2) is 29.2 Å². The van der Waals surface area contributed by atoms with Crippen LogP contribution in [0.25, 0.3) is 0 Å². The van der Waals surface area contributed by atoms with Crippen molar-refractivity contribution in [1.29, 1.82) is 0 Å². The second kappa shape index (κ2) is 5.26. The van der Waals surface area contributed by atoms with Gasteiger partial charge < -0.3 is 10.0 Å². The van der Waals surface area contributed by atoms with Gasteiger partial charge in [-0.05, 0) is 30.7 Å². The zero-order valence-electron chi connectivity index (χ0n) is 10.3. The van der Waals surface area contributed by atoms with E-state index in [0.717, 1.165) is 18.7 Å². The maximum absolute atomic E-state index is 11.8. The number of sulfonamides is 1. The molecule has 0 bridgehead atoms. The molecule has 1 aliphatic rings. The van der Waals surface area contributed by atoms with Crippen LogP contribution in [-0.2, 0) is 10.0 Å². The molecule has 0 radical (unpaired) electrons. The minimum absolute atomic E-state index is 0.271. The number of hydrogen-bond donors (Lipinski definition) is 2. The zero-order valence-corrected chi connectivity index (χ0v) is 11.2. The third-order valence-electron chi connectivity index (χ3n) is 3.01. The van der Waals surface area contributed by atoms with Crippen LogP contribution in [0.4, 0.5) is 5.69 Å². The summed E-state index contributed by atoms with van der Waals surface area (Å²) in [6, 6.07) is 6.75. The van der Waals surface area contributed by atoms with Crippen molar-refractivity contribution in [2.75, 3.05) is 24.5 Å². The van der Waals surface area contributed by atoms with E-state index in [9.17, 15) is 13.5 Å². The summed E-state index contributed by atoms with van der Waals surface area (Å²) in [6.07, 6.45) is 0.479. The van der Waals surface area contributed by atoms with Crippen molar-refractivity contribution >= 4 is 15.7 Å². The highest BCUT2D eigenvalue weighted by molar-refractivity contribution is 7.89. The summed E-state index contributed by atoms with van der Waals surface area (Å²) < 4.78 is 26.0. The molecule has 0 aromatic heterocycles. The zero-order chi connectivity index (χ0) is 13.2. The van der Waals surface area contributed by atoms with E-state index in [4.69, 9.17) is 0 Å². The number of aliphatic hydroxyl groups excluding tert-OH is 1. The number of aliphatic hydroxyl groups is 1. The van der Waals surface area contributed by atoms with Gasteiger partial charge in [0.1, 0.15) is 0 Å². The summed E-state index contributed by atoms with van der Waals surface area (Å²) in [5, 5.41) is 9.47. The molecule has 5 nitrogen and oxygen atoms in total. The fourth-order valence-corrected chi connectivity index (χ4v) is 3.13. The lowest BCUT2D eigenvalue weighted by molar-refractivity contribution is 0.198. The monoisotopic (exact) mass is 270 g/mol. The summed E-state index contributed by atoms with van der Waals surface area (Å²) >= 11 is 0. The average Bonchev–Trinajstić information content (AvgIpc) is 2.76. The third-order valence-corrected chi connectivity index (χ3v) is 4.57. The number of benzene rings is 1. The highest BCUT2D eigenvalue weighted by Crippen LogP contribution is 2.22. The van der Waals surface area contributed by atoms with Crippen LogP contribution in [0.5, 0.6) is 0 Å². The molecule has 0 spiro atoms. The van der Waals surface area contributed by atoms with E-state index in [0.29, 0.717) is 13.1 Å². The minimum Gasteiger partial charge on any atom is -0.391 e. The van der Waals surface area contributed by atoms with Crippen molar-refractivity contribution in [2.24, 2.45) is 0 Å². The summed E-state index contributed by atoms with van der Waals surface area (Å²) in [4.78, 5) is 2.32. The standard InChI is InChI=1S/C12H18N2O3S/c1-2-13-18(16,17)12-5-3-10(4-6-12)14-8-7-11(15)9-14/h3-6,11,13,15H,2,7-9H2,1H3. The molecular formula is C12H18N2O3S. The normalized spacial score (nSPS) is 20.3. The van der Waals surface area contributed by atoms with Gasteiger partial charge in [-0.3, -0.25) is 0 Å². The molecule has 2 N–H and O–H groups in total. The van der Waals surface area contributed by atoms with E-state index in [1.807, 2.05) is 4.90 Å². The molecule has 1 unspecified atom stereocenters.